The van der Waals surface area contributed by atoms with Gasteiger partial charge in [-0.3, -0.25) is 4.79 Å². The van der Waals surface area contributed by atoms with Gasteiger partial charge >= 0.3 is 5.97 Å². The standard InChI is InChI=1S/C35H53NO10/c1-7-16(3)27(38)30(41)26-31(42)28(39)17(4)10-8-9-11-21-35(6,45-21)25-24(29(40)23-20(37)14-36(26)46-34(23)43)22-18(5)12-15(2)13-19(22)32-33(25)44-32/h7,15,17-19,21-22,24-28,30-33,38-42H,8-14H2,1-6H3/b16-7+,29-23+/t15-,17-,18+,19-,21-,22+,24-,25+,26-,27-,28+,30+,31+,32+,33-,35+/m0/s1. The largest absolute Gasteiger partial charge is 0.511 e. The van der Waals surface area contributed by atoms with Gasteiger partial charge in [-0.2, -0.15) is 0 Å². The minimum atomic E-state index is -1.71. The number of ketones is 1. The summed E-state index contributed by atoms with van der Waals surface area (Å²) >= 11 is 0. The van der Waals surface area contributed by atoms with Crippen LogP contribution in [0.1, 0.15) is 80.1 Å². The van der Waals surface area contributed by atoms with E-state index in [1.807, 2.05) is 0 Å². The number of carbonyl (C=O) groups excluding carboxylic acids is 2. The fraction of sp³-hybridized carbons (Fsp3) is 0.829. The molecule has 258 valence electrons. The van der Waals surface area contributed by atoms with Crippen LogP contribution < -0.4 is 0 Å². The topological polar surface area (TPSA) is 173 Å². The minimum Gasteiger partial charge on any atom is -0.511 e. The van der Waals surface area contributed by atoms with Gasteiger partial charge in [-0.15, -0.1) is 5.06 Å². The van der Waals surface area contributed by atoms with Crippen molar-refractivity contribution in [1.29, 1.82) is 0 Å². The van der Waals surface area contributed by atoms with Gasteiger partial charge in [0.2, 0.25) is 0 Å². The van der Waals surface area contributed by atoms with E-state index < -0.39 is 71.8 Å². The lowest BCUT2D eigenvalue weighted by Crippen LogP contribution is -2.62. The number of carbonyl (C=O) groups is 2. The second kappa shape index (κ2) is 12.5. The van der Waals surface area contributed by atoms with Gasteiger partial charge in [0.1, 0.15) is 35.7 Å². The van der Waals surface area contributed by atoms with Crippen molar-refractivity contribution < 1.29 is 49.4 Å². The number of allylic oxidation sites excluding steroid dienone is 2. The maximum atomic E-state index is 13.9. The maximum Gasteiger partial charge on any atom is 0.364 e. The molecule has 0 spiro atoms. The molecule has 0 amide bonds. The Bertz CT molecular complexity index is 1250. The van der Waals surface area contributed by atoms with E-state index in [0.29, 0.717) is 17.9 Å². The third-order valence-corrected chi connectivity index (χ3v) is 12.5. The Kier molecular flexibility index (Phi) is 9.28. The summed E-state index contributed by atoms with van der Waals surface area (Å²) in [5.41, 5.74) is -0.616. The molecule has 5 aliphatic heterocycles. The van der Waals surface area contributed by atoms with Gasteiger partial charge in [0.25, 0.3) is 0 Å². The first-order chi connectivity index (χ1) is 21.7. The number of fused-ring (bicyclic) bond motifs is 12. The first kappa shape index (κ1) is 34.0. The van der Waals surface area contributed by atoms with Crippen LogP contribution in [-0.2, 0) is 23.9 Å². The fourth-order valence-electron chi connectivity index (χ4n) is 9.84. The first-order valence-corrected chi connectivity index (χ1v) is 17.3. The van der Waals surface area contributed by atoms with E-state index in [-0.39, 0.29) is 47.7 Å². The molecule has 5 N–H and O–H groups in total. The van der Waals surface area contributed by atoms with E-state index in [2.05, 4.69) is 20.8 Å². The van der Waals surface area contributed by atoms with Gasteiger partial charge in [-0.1, -0.05) is 39.7 Å². The molecule has 5 fully saturated rings. The van der Waals surface area contributed by atoms with E-state index in [0.717, 1.165) is 37.2 Å². The molecule has 5 heterocycles. The smallest absolute Gasteiger partial charge is 0.364 e. The predicted molar refractivity (Wildman–Crippen MR) is 166 cm³/mol. The van der Waals surface area contributed by atoms with Crippen LogP contribution in [0.15, 0.2) is 23.0 Å². The van der Waals surface area contributed by atoms with E-state index in [4.69, 9.17) is 14.3 Å². The normalized spacial score (nSPS) is 51.0. The van der Waals surface area contributed by atoms with Gasteiger partial charge < -0.3 is 39.8 Å². The molecular weight excluding hydrogens is 594 g/mol. The molecule has 2 bridgehead atoms. The monoisotopic (exact) mass is 647 g/mol. The van der Waals surface area contributed by atoms with Crippen molar-refractivity contribution in [3.05, 3.63) is 23.0 Å². The number of rotatable bonds is 3. The van der Waals surface area contributed by atoms with E-state index in [1.165, 1.54) is 0 Å². The Hall–Kier alpha value is -1.86. The molecule has 11 heteroatoms. The summed E-state index contributed by atoms with van der Waals surface area (Å²) in [6.45, 7) is 11.0. The third kappa shape index (κ3) is 5.67. The Morgan fingerprint density at radius 1 is 1.02 bits per heavy atom. The second-order valence-corrected chi connectivity index (χ2v) is 15.5. The van der Waals surface area contributed by atoms with E-state index >= 15 is 0 Å². The molecule has 7 aliphatic rings. The summed E-state index contributed by atoms with van der Waals surface area (Å²) in [4.78, 5) is 33.4. The Labute approximate surface area is 271 Å². The van der Waals surface area contributed by atoms with Crippen LogP contribution in [0.4, 0.5) is 0 Å². The highest BCUT2D eigenvalue weighted by Crippen LogP contribution is 2.65. The molecule has 11 nitrogen and oxygen atoms in total. The zero-order valence-electron chi connectivity index (χ0n) is 27.9. The maximum absolute atomic E-state index is 13.9. The zero-order valence-corrected chi connectivity index (χ0v) is 27.9. The number of nitrogens with zero attached hydrogens (tertiary/aromatic N) is 1. The molecule has 0 radical (unpaired) electrons. The van der Waals surface area contributed by atoms with Crippen molar-refractivity contribution in [2.75, 3.05) is 6.54 Å². The molecule has 0 aromatic rings. The number of hydroxylamine groups is 2. The van der Waals surface area contributed by atoms with Crippen LogP contribution >= 0.6 is 0 Å². The van der Waals surface area contributed by atoms with Crippen molar-refractivity contribution >= 4 is 11.8 Å². The highest BCUT2D eigenvalue weighted by molar-refractivity contribution is 6.19. The van der Waals surface area contributed by atoms with Crippen molar-refractivity contribution in [3.63, 3.8) is 0 Å². The number of aliphatic hydroxyl groups excluding tert-OH is 5. The highest BCUT2D eigenvalue weighted by atomic mass is 16.7. The van der Waals surface area contributed by atoms with Gasteiger partial charge in [-0.05, 0) is 81.6 Å². The van der Waals surface area contributed by atoms with Gasteiger partial charge in [0, 0.05) is 11.8 Å². The molecule has 0 aromatic carbocycles. The van der Waals surface area contributed by atoms with Crippen LogP contribution in [0.2, 0.25) is 0 Å². The molecule has 3 saturated heterocycles. The van der Waals surface area contributed by atoms with Crippen molar-refractivity contribution in [2.45, 2.75) is 134 Å². The lowest BCUT2D eigenvalue weighted by molar-refractivity contribution is -0.238. The quantitative estimate of drug-likeness (QED) is 0.173. The van der Waals surface area contributed by atoms with E-state index in [1.54, 1.807) is 26.8 Å². The Morgan fingerprint density at radius 2 is 1.72 bits per heavy atom. The number of Topliss-reactive ketones (excluding diaryl/α,β-unsaturated/α-hetero) is 1. The summed E-state index contributed by atoms with van der Waals surface area (Å²) in [6.07, 6.45) is 0.0892. The van der Waals surface area contributed by atoms with Crippen LogP contribution in [0, 0.1) is 41.4 Å². The average Bonchev–Trinajstić information content (AvgIpc) is 3.92. The molecule has 7 rings (SSSR count). The van der Waals surface area contributed by atoms with E-state index in [9.17, 15) is 35.1 Å². The first-order valence-electron chi connectivity index (χ1n) is 17.3. The summed E-state index contributed by atoms with van der Waals surface area (Å²) in [6, 6.07) is -1.53. The minimum absolute atomic E-state index is 0.0221. The summed E-state index contributed by atoms with van der Waals surface area (Å²) in [5, 5.41) is 57.9. The lowest BCUT2D eigenvalue weighted by atomic mass is 9.53. The Morgan fingerprint density at radius 3 is 2.39 bits per heavy atom. The van der Waals surface area contributed by atoms with Crippen LogP contribution in [0.5, 0.6) is 0 Å². The van der Waals surface area contributed by atoms with Gasteiger partial charge in [0.05, 0.1) is 36.6 Å². The summed E-state index contributed by atoms with van der Waals surface area (Å²) < 4.78 is 12.8. The molecule has 2 saturated carbocycles. The number of ether oxygens (including phenoxy) is 2. The Balaban J connectivity index is 1.42. The number of hydrogen-bond donors (Lipinski definition) is 5. The molecule has 0 aromatic heterocycles. The second-order valence-electron chi connectivity index (χ2n) is 15.5. The SMILES string of the molecule is C/C=C(\C)[C@H](O)[C@H](O)[C@H]1[C@@H](O)[C@H](O)[C@@H](C)CCCC[C@@H]2O[C@@]2(C)[C@H]2[C@@H]3O[C@@H]3[C@H]3C[C@@H](C)C[C@@H](C)[C@H]3[C@@H]2/C(O)=C2/C(=O)CN1OC2=O. The summed E-state index contributed by atoms with van der Waals surface area (Å²) in [5.74, 6) is -2.44. The van der Waals surface area contributed by atoms with Gasteiger partial charge in [0.15, 0.2) is 5.78 Å². The van der Waals surface area contributed by atoms with Crippen molar-refractivity contribution in [3.8, 4) is 0 Å². The fourth-order valence-corrected chi connectivity index (χ4v) is 9.84. The summed E-state index contributed by atoms with van der Waals surface area (Å²) in [7, 11) is 0. The van der Waals surface area contributed by atoms with Crippen LogP contribution in [0.3, 0.4) is 0 Å². The molecular formula is C35H53NO10. The van der Waals surface area contributed by atoms with Gasteiger partial charge in [-0.25, -0.2) is 4.79 Å². The molecule has 46 heavy (non-hydrogen) atoms. The van der Waals surface area contributed by atoms with Crippen LogP contribution in [-0.4, -0.2) is 103 Å². The van der Waals surface area contributed by atoms with Crippen LogP contribution in [0.25, 0.3) is 0 Å². The lowest BCUT2D eigenvalue weighted by Gasteiger charge is -2.49. The number of hydrogen-bond acceptors (Lipinski definition) is 11. The molecule has 2 aliphatic carbocycles. The van der Waals surface area contributed by atoms with Crippen molar-refractivity contribution in [1.82, 2.24) is 5.06 Å². The predicted octanol–water partition coefficient (Wildman–Crippen LogP) is 2.60. The molecule has 17 atom stereocenters. The number of epoxide rings is 2. The highest BCUT2D eigenvalue weighted by Gasteiger charge is 2.73. The van der Waals surface area contributed by atoms with Crippen molar-refractivity contribution in [2.24, 2.45) is 41.4 Å². The molecule has 1 unspecified atom stereocenters. The third-order valence-electron chi connectivity index (χ3n) is 12.5. The average molecular weight is 648 g/mol. The zero-order chi connectivity index (χ0) is 33.4. The number of aliphatic hydroxyl groups is 5.